The van der Waals surface area contributed by atoms with Gasteiger partial charge in [-0.05, 0) is 18.6 Å². The number of para-hydroxylation sites is 1. The summed E-state index contributed by atoms with van der Waals surface area (Å²) in [5.41, 5.74) is 7.40. The Hall–Kier alpha value is -1.53. The van der Waals surface area contributed by atoms with Gasteiger partial charge >= 0.3 is 0 Å². The Balaban J connectivity index is 2.23. The summed E-state index contributed by atoms with van der Waals surface area (Å²) >= 11 is 5.08. The molecule has 2 rings (SSSR count). The predicted octanol–water partition coefficient (Wildman–Crippen LogP) is 2.05. The smallest absolute Gasteiger partial charge is 0.136 e. The van der Waals surface area contributed by atoms with E-state index in [0.29, 0.717) is 23.1 Å². The largest absolute Gasteiger partial charge is 0.389 e. The summed E-state index contributed by atoms with van der Waals surface area (Å²) in [7, 11) is -0.771. The van der Waals surface area contributed by atoms with Crippen molar-refractivity contribution >= 4 is 44.7 Å². The molecule has 0 aliphatic rings. The molecule has 0 saturated carbocycles. The molecule has 4 nitrogen and oxygen atoms in total. The van der Waals surface area contributed by atoms with Crippen LogP contribution in [-0.4, -0.2) is 32.7 Å². The normalized spacial score (nSPS) is 12.2. The lowest BCUT2D eigenvalue weighted by atomic mass is 10.1. The Bertz CT molecular complexity index is 658. The molecule has 3 N–H and O–H groups in total. The summed E-state index contributed by atoms with van der Waals surface area (Å²) in [4.78, 5) is 4.88. The Morgan fingerprint density at radius 2 is 2.20 bits per heavy atom. The van der Waals surface area contributed by atoms with Crippen molar-refractivity contribution in [3.05, 3.63) is 35.9 Å². The SMILES string of the molecule is CS(=O)CCCNc1nc2ccccc2cc1C(N)=S. The maximum Gasteiger partial charge on any atom is 0.136 e. The maximum atomic E-state index is 11.0. The van der Waals surface area contributed by atoms with Crippen LogP contribution in [0.4, 0.5) is 5.82 Å². The van der Waals surface area contributed by atoms with Crippen LogP contribution in [0.1, 0.15) is 12.0 Å². The Morgan fingerprint density at radius 3 is 2.90 bits per heavy atom. The zero-order valence-corrected chi connectivity index (χ0v) is 12.9. The van der Waals surface area contributed by atoms with Crippen LogP contribution in [0, 0.1) is 0 Å². The highest BCUT2D eigenvalue weighted by Crippen LogP contribution is 2.20. The van der Waals surface area contributed by atoms with Crippen LogP contribution in [0.3, 0.4) is 0 Å². The number of fused-ring (bicyclic) bond motifs is 1. The number of hydrogen-bond donors (Lipinski definition) is 2. The second kappa shape index (κ2) is 6.76. The van der Waals surface area contributed by atoms with Crippen molar-refractivity contribution in [1.82, 2.24) is 4.98 Å². The first kappa shape index (κ1) is 14.9. The lowest BCUT2D eigenvalue weighted by Gasteiger charge is -2.11. The van der Waals surface area contributed by atoms with Gasteiger partial charge in [-0.25, -0.2) is 4.98 Å². The number of nitrogens with two attached hydrogens (primary N) is 1. The Labute approximate surface area is 126 Å². The predicted molar refractivity (Wildman–Crippen MR) is 89.7 cm³/mol. The quantitative estimate of drug-likeness (QED) is 0.631. The second-order valence-electron chi connectivity index (χ2n) is 4.50. The van der Waals surface area contributed by atoms with Crippen molar-refractivity contribution < 1.29 is 4.21 Å². The fourth-order valence-corrected chi connectivity index (χ4v) is 2.63. The third-order valence-corrected chi connectivity index (χ3v) is 3.97. The van der Waals surface area contributed by atoms with E-state index < -0.39 is 10.8 Å². The Morgan fingerprint density at radius 1 is 1.45 bits per heavy atom. The van der Waals surface area contributed by atoms with Crippen molar-refractivity contribution in [2.75, 3.05) is 23.9 Å². The number of hydrogen-bond acceptors (Lipinski definition) is 4. The van der Waals surface area contributed by atoms with Crippen molar-refractivity contribution in [2.45, 2.75) is 6.42 Å². The minimum Gasteiger partial charge on any atom is -0.389 e. The summed E-state index contributed by atoms with van der Waals surface area (Å²) in [6.45, 7) is 0.695. The van der Waals surface area contributed by atoms with Crippen LogP contribution in [0.15, 0.2) is 30.3 Å². The summed E-state index contributed by atoms with van der Waals surface area (Å²) in [6.07, 6.45) is 2.52. The second-order valence-corrected chi connectivity index (χ2v) is 6.49. The number of nitrogens with one attached hydrogen (secondary N) is 1. The van der Waals surface area contributed by atoms with Gasteiger partial charge in [0.05, 0.1) is 11.1 Å². The van der Waals surface area contributed by atoms with Gasteiger partial charge in [-0.1, -0.05) is 30.4 Å². The van der Waals surface area contributed by atoms with E-state index in [9.17, 15) is 4.21 Å². The fourth-order valence-electron chi connectivity index (χ4n) is 1.92. The van der Waals surface area contributed by atoms with Crippen molar-refractivity contribution in [1.29, 1.82) is 0 Å². The molecule has 0 bridgehead atoms. The van der Waals surface area contributed by atoms with Crippen LogP contribution in [0.2, 0.25) is 0 Å². The van der Waals surface area contributed by atoms with Gasteiger partial charge in [0.25, 0.3) is 0 Å². The summed E-state index contributed by atoms with van der Waals surface area (Å²) < 4.78 is 11.0. The molecule has 1 heterocycles. The van der Waals surface area contributed by atoms with Crippen molar-refractivity contribution in [2.24, 2.45) is 5.73 Å². The molecule has 0 spiro atoms. The van der Waals surface area contributed by atoms with Crippen LogP contribution in [0.5, 0.6) is 0 Å². The van der Waals surface area contributed by atoms with Gasteiger partial charge in [-0.3, -0.25) is 4.21 Å². The number of thiocarbonyl (C=S) groups is 1. The first-order chi connectivity index (χ1) is 9.58. The number of benzene rings is 1. The third kappa shape index (κ3) is 3.74. The average Bonchev–Trinajstić information content (AvgIpc) is 2.42. The average molecular weight is 307 g/mol. The maximum absolute atomic E-state index is 11.0. The molecule has 0 amide bonds. The number of anilines is 1. The highest BCUT2D eigenvalue weighted by Gasteiger charge is 2.08. The first-order valence-electron chi connectivity index (χ1n) is 6.31. The topological polar surface area (TPSA) is 68.0 Å². The van der Waals surface area contributed by atoms with Gasteiger partial charge in [0, 0.05) is 34.7 Å². The minimum absolute atomic E-state index is 0.324. The standard InChI is InChI=1S/C14H17N3OS2/c1-20(18)8-4-7-16-14-11(13(15)19)9-10-5-2-3-6-12(10)17-14/h2-3,5-6,9H,4,7-8H2,1H3,(H2,15,19)(H,16,17). The van der Waals surface area contributed by atoms with E-state index in [1.54, 1.807) is 6.26 Å². The summed E-state index contributed by atoms with van der Waals surface area (Å²) in [5, 5.41) is 4.24. The molecule has 2 aromatic rings. The lowest BCUT2D eigenvalue weighted by Crippen LogP contribution is -2.16. The highest BCUT2D eigenvalue weighted by molar-refractivity contribution is 7.84. The van der Waals surface area contributed by atoms with Gasteiger partial charge in [-0.2, -0.15) is 0 Å². The summed E-state index contributed by atoms with van der Waals surface area (Å²) in [5.74, 6) is 1.36. The number of pyridine rings is 1. The van der Waals surface area contributed by atoms with Crippen LogP contribution in [-0.2, 0) is 10.8 Å². The first-order valence-corrected chi connectivity index (χ1v) is 8.45. The van der Waals surface area contributed by atoms with E-state index in [0.717, 1.165) is 22.9 Å². The van der Waals surface area contributed by atoms with Crippen LogP contribution >= 0.6 is 12.2 Å². The zero-order chi connectivity index (χ0) is 14.5. The molecule has 0 radical (unpaired) electrons. The van der Waals surface area contributed by atoms with Gasteiger partial charge in [-0.15, -0.1) is 0 Å². The lowest BCUT2D eigenvalue weighted by molar-refractivity contribution is 0.685. The molecule has 1 unspecified atom stereocenters. The van der Waals surface area contributed by atoms with Gasteiger partial charge in [0.15, 0.2) is 0 Å². The molecular formula is C14H17N3OS2. The third-order valence-electron chi connectivity index (χ3n) is 2.89. The van der Waals surface area contributed by atoms with E-state index in [1.807, 2.05) is 30.3 Å². The molecule has 1 atom stereocenters. The van der Waals surface area contributed by atoms with Crippen LogP contribution in [0.25, 0.3) is 10.9 Å². The number of aromatic nitrogens is 1. The molecule has 1 aromatic carbocycles. The van der Waals surface area contributed by atoms with E-state index in [-0.39, 0.29) is 0 Å². The van der Waals surface area contributed by atoms with E-state index in [4.69, 9.17) is 18.0 Å². The van der Waals surface area contributed by atoms with E-state index in [1.165, 1.54) is 0 Å². The molecule has 0 fully saturated rings. The molecule has 106 valence electrons. The van der Waals surface area contributed by atoms with E-state index >= 15 is 0 Å². The minimum atomic E-state index is -0.771. The van der Waals surface area contributed by atoms with Crippen molar-refractivity contribution in [3.63, 3.8) is 0 Å². The zero-order valence-electron chi connectivity index (χ0n) is 11.3. The van der Waals surface area contributed by atoms with Crippen molar-refractivity contribution in [3.8, 4) is 0 Å². The molecule has 0 aliphatic heterocycles. The molecular weight excluding hydrogens is 290 g/mol. The Kier molecular flexibility index (Phi) is 5.03. The number of rotatable bonds is 6. The summed E-state index contributed by atoms with van der Waals surface area (Å²) in [6, 6.07) is 9.78. The number of nitrogens with zero attached hydrogens (tertiary/aromatic N) is 1. The molecule has 6 heteroatoms. The molecule has 0 aliphatic carbocycles. The molecule has 1 aromatic heterocycles. The monoisotopic (exact) mass is 307 g/mol. The molecule has 20 heavy (non-hydrogen) atoms. The van der Waals surface area contributed by atoms with Gasteiger partial charge < -0.3 is 11.1 Å². The highest BCUT2D eigenvalue weighted by atomic mass is 32.2. The van der Waals surface area contributed by atoms with Gasteiger partial charge in [0.1, 0.15) is 10.8 Å². The molecule has 0 saturated heterocycles. The fraction of sp³-hybridized carbons (Fsp3) is 0.286. The van der Waals surface area contributed by atoms with Crippen LogP contribution < -0.4 is 11.1 Å². The van der Waals surface area contributed by atoms with E-state index in [2.05, 4.69) is 10.3 Å². The van der Waals surface area contributed by atoms with Gasteiger partial charge in [0.2, 0.25) is 0 Å².